The Balaban J connectivity index is 2.41. The van der Waals surface area contributed by atoms with Gasteiger partial charge in [0.1, 0.15) is 11.9 Å². The highest BCUT2D eigenvalue weighted by Gasteiger charge is 2.10. The van der Waals surface area contributed by atoms with Gasteiger partial charge in [-0.2, -0.15) is 0 Å². The maximum atomic E-state index is 11.3. The second-order valence-electron chi connectivity index (χ2n) is 4.20. The molecule has 0 aliphatic rings. The van der Waals surface area contributed by atoms with E-state index in [-0.39, 0.29) is 6.10 Å². The second-order valence-corrected chi connectivity index (χ2v) is 4.20. The van der Waals surface area contributed by atoms with E-state index in [9.17, 15) is 4.79 Å². The molecule has 0 radical (unpaired) electrons. The smallest absolute Gasteiger partial charge is 0.154 e. The molecule has 94 valence electrons. The Labute approximate surface area is 106 Å². The number of ether oxygens (including phenoxy) is 2. The van der Waals surface area contributed by atoms with Crippen LogP contribution < -0.4 is 4.74 Å². The van der Waals surface area contributed by atoms with Crippen LogP contribution in [0.2, 0.25) is 0 Å². The molecule has 0 aromatic heterocycles. The van der Waals surface area contributed by atoms with Gasteiger partial charge in [-0.3, -0.25) is 4.79 Å². The molecule has 0 saturated carbocycles. The molecule has 1 atom stereocenters. The van der Waals surface area contributed by atoms with Gasteiger partial charge in [0, 0.05) is 7.11 Å². The van der Waals surface area contributed by atoms with Crippen LogP contribution in [0.4, 0.5) is 0 Å². The molecule has 0 bridgehead atoms. The Morgan fingerprint density at radius 2 is 2.00 bits per heavy atom. The summed E-state index contributed by atoms with van der Waals surface area (Å²) in [6.45, 7) is 2.40. The summed E-state index contributed by atoms with van der Waals surface area (Å²) in [4.78, 5) is 11.3. The zero-order valence-corrected chi connectivity index (χ0v) is 10.6. The lowest BCUT2D eigenvalue weighted by Crippen LogP contribution is -2.18. The minimum Gasteiger partial charge on any atom is -0.488 e. The van der Waals surface area contributed by atoms with Crippen LogP contribution in [0.3, 0.4) is 0 Å². The Hall–Kier alpha value is -1.87. The Morgan fingerprint density at radius 3 is 2.72 bits per heavy atom. The van der Waals surface area contributed by atoms with E-state index in [0.717, 1.165) is 17.1 Å². The van der Waals surface area contributed by atoms with E-state index in [0.29, 0.717) is 17.9 Å². The molecule has 0 saturated heterocycles. The monoisotopic (exact) mass is 244 g/mol. The molecule has 0 spiro atoms. The van der Waals surface area contributed by atoms with E-state index >= 15 is 0 Å². The first-order valence-corrected chi connectivity index (χ1v) is 5.88. The van der Waals surface area contributed by atoms with Crippen LogP contribution in [0.1, 0.15) is 17.3 Å². The van der Waals surface area contributed by atoms with Gasteiger partial charge in [0.05, 0.1) is 12.2 Å². The first-order valence-electron chi connectivity index (χ1n) is 5.88. The van der Waals surface area contributed by atoms with Crippen LogP contribution in [-0.2, 0) is 4.74 Å². The quantitative estimate of drug-likeness (QED) is 0.758. The third-order valence-corrected chi connectivity index (χ3v) is 2.78. The molecule has 0 aliphatic carbocycles. The number of hydrogen-bond donors (Lipinski definition) is 0. The van der Waals surface area contributed by atoms with E-state index in [1.54, 1.807) is 7.11 Å². The zero-order valence-electron chi connectivity index (χ0n) is 10.6. The third-order valence-electron chi connectivity index (χ3n) is 2.78. The number of aldehydes is 1. The summed E-state index contributed by atoms with van der Waals surface area (Å²) in [5.74, 6) is 0.605. The van der Waals surface area contributed by atoms with Crippen molar-refractivity contribution in [3.8, 4) is 5.75 Å². The molecule has 2 aromatic carbocycles. The molecular weight excluding hydrogens is 228 g/mol. The highest BCUT2D eigenvalue weighted by Crippen LogP contribution is 2.27. The average Bonchev–Trinajstić information content (AvgIpc) is 2.38. The number of carbonyl (C=O) groups excluding carboxylic acids is 1. The number of hydrogen-bond acceptors (Lipinski definition) is 3. The van der Waals surface area contributed by atoms with Crippen LogP contribution in [0.5, 0.6) is 5.75 Å². The third kappa shape index (κ3) is 2.51. The van der Waals surface area contributed by atoms with Crippen molar-refractivity contribution in [2.45, 2.75) is 13.0 Å². The van der Waals surface area contributed by atoms with E-state index in [1.165, 1.54) is 0 Å². The van der Waals surface area contributed by atoms with Gasteiger partial charge in [0.25, 0.3) is 0 Å². The first-order chi connectivity index (χ1) is 8.76. The van der Waals surface area contributed by atoms with Crippen molar-refractivity contribution in [3.63, 3.8) is 0 Å². The highest BCUT2D eigenvalue weighted by molar-refractivity contribution is 6.00. The van der Waals surface area contributed by atoms with Crippen molar-refractivity contribution < 1.29 is 14.3 Å². The maximum Gasteiger partial charge on any atom is 0.154 e. The van der Waals surface area contributed by atoms with E-state index in [2.05, 4.69) is 0 Å². The van der Waals surface area contributed by atoms with Gasteiger partial charge >= 0.3 is 0 Å². The lowest BCUT2D eigenvalue weighted by atomic mass is 10.0. The number of rotatable bonds is 5. The lowest BCUT2D eigenvalue weighted by Gasteiger charge is -2.16. The van der Waals surface area contributed by atoms with Gasteiger partial charge in [0.2, 0.25) is 0 Å². The summed E-state index contributed by atoms with van der Waals surface area (Å²) >= 11 is 0. The van der Waals surface area contributed by atoms with E-state index < -0.39 is 0 Å². The molecule has 2 rings (SSSR count). The minimum atomic E-state index is -0.0881. The lowest BCUT2D eigenvalue weighted by molar-refractivity contribution is 0.0907. The molecule has 0 heterocycles. The summed E-state index contributed by atoms with van der Waals surface area (Å²) in [5.41, 5.74) is 0.594. The first kappa shape index (κ1) is 12.6. The molecule has 3 nitrogen and oxygen atoms in total. The van der Waals surface area contributed by atoms with Gasteiger partial charge in [-0.1, -0.05) is 30.3 Å². The van der Waals surface area contributed by atoms with Crippen LogP contribution in [0, 0.1) is 0 Å². The van der Waals surface area contributed by atoms with Crippen molar-refractivity contribution in [2.75, 3.05) is 13.7 Å². The molecule has 2 aromatic rings. The Kier molecular flexibility index (Phi) is 3.95. The Bertz CT molecular complexity index is 548. The van der Waals surface area contributed by atoms with Crippen molar-refractivity contribution in [2.24, 2.45) is 0 Å². The molecule has 0 aliphatic heterocycles. The van der Waals surface area contributed by atoms with Gasteiger partial charge < -0.3 is 9.47 Å². The number of fused-ring (bicyclic) bond motifs is 1. The molecule has 0 amide bonds. The number of methoxy groups -OCH3 is 1. The van der Waals surface area contributed by atoms with Crippen LogP contribution in [0.25, 0.3) is 10.8 Å². The van der Waals surface area contributed by atoms with Crippen molar-refractivity contribution >= 4 is 17.1 Å². The summed E-state index contributed by atoms with van der Waals surface area (Å²) in [6.07, 6.45) is 0.756. The predicted octanol–water partition coefficient (Wildman–Crippen LogP) is 3.07. The van der Waals surface area contributed by atoms with Crippen molar-refractivity contribution in [3.05, 3.63) is 42.0 Å². The molecule has 0 fully saturated rings. The number of carbonyl (C=O) groups is 1. The molecule has 1 unspecified atom stereocenters. The van der Waals surface area contributed by atoms with Gasteiger partial charge in [-0.15, -0.1) is 0 Å². The summed E-state index contributed by atoms with van der Waals surface area (Å²) < 4.78 is 10.8. The zero-order chi connectivity index (χ0) is 13.0. The van der Waals surface area contributed by atoms with Gasteiger partial charge in [0.15, 0.2) is 6.29 Å². The summed E-state index contributed by atoms with van der Waals surface area (Å²) in [6, 6.07) is 11.6. The van der Waals surface area contributed by atoms with Gasteiger partial charge in [-0.05, 0) is 23.8 Å². The van der Waals surface area contributed by atoms with E-state index in [1.807, 2.05) is 43.3 Å². The molecule has 18 heavy (non-hydrogen) atoms. The SMILES string of the molecule is COCC(C)Oc1ccc2ccccc2c1C=O. The largest absolute Gasteiger partial charge is 0.488 e. The fourth-order valence-electron chi connectivity index (χ4n) is 1.99. The minimum absolute atomic E-state index is 0.0881. The van der Waals surface area contributed by atoms with Crippen molar-refractivity contribution in [1.82, 2.24) is 0 Å². The summed E-state index contributed by atoms with van der Waals surface area (Å²) in [7, 11) is 1.63. The van der Waals surface area contributed by atoms with E-state index in [4.69, 9.17) is 9.47 Å². The predicted molar refractivity (Wildman–Crippen MR) is 71.3 cm³/mol. The van der Waals surface area contributed by atoms with Gasteiger partial charge in [-0.25, -0.2) is 0 Å². The Morgan fingerprint density at radius 1 is 1.22 bits per heavy atom. The van der Waals surface area contributed by atoms with Crippen LogP contribution >= 0.6 is 0 Å². The average molecular weight is 244 g/mol. The molecule has 3 heteroatoms. The second kappa shape index (κ2) is 5.65. The van der Waals surface area contributed by atoms with Crippen LogP contribution in [-0.4, -0.2) is 26.1 Å². The fraction of sp³-hybridized carbons (Fsp3) is 0.267. The fourth-order valence-corrected chi connectivity index (χ4v) is 1.99. The van der Waals surface area contributed by atoms with Crippen LogP contribution in [0.15, 0.2) is 36.4 Å². The number of benzene rings is 2. The normalized spacial score (nSPS) is 12.3. The topological polar surface area (TPSA) is 35.5 Å². The highest BCUT2D eigenvalue weighted by atomic mass is 16.5. The molecule has 0 N–H and O–H groups in total. The summed E-state index contributed by atoms with van der Waals surface area (Å²) in [5, 5.41) is 1.95. The molecular formula is C15H16O3. The van der Waals surface area contributed by atoms with Crippen molar-refractivity contribution in [1.29, 1.82) is 0 Å². The standard InChI is InChI=1S/C15H16O3/c1-11(10-17-2)18-15-8-7-12-5-3-4-6-13(12)14(15)9-16/h3-9,11H,10H2,1-2H3. The maximum absolute atomic E-state index is 11.3.